The largest absolute Gasteiger partial charge is 0.467 e. The van der Waals surface area contributed by atoms with E-state index in [4.69, 9.17) is 9.72 Å². The van der Waals surface area contributed by atoms with Crippen LogP contribution in [0.1, 0.15) is 27.5 Å². The number of rotatable bonds is 6. The minimum atomic E-state index is -0.995. The third-order valence-corrected chi connectivity index (χ3v) is 5.37. The molecule has 4 aromatic rings. The summed E-state index contributed by atoms with van der Waals surface area (Å²) in [6.45, 7) is 0. The predicted molar refractivity (Wildman–Crippen MR) is 125 cm³/mol. The van der Waals surface area contributed by atoms with Gasteiger partial charge in [-0.25, -0.2) is 9.78 Å². The Morgan fingerprint density at radius 2 is 1.61 bits per heavy atom. The van der Waals surface area contributed by atoms with E-state index < -0.39 is 17.9 Å². The standard InChI is InChI=1S/C27H21N3O3/c1-33-27(32)25(19-12-6-3-7-13-19)30-26(31)23-20-14-8-9-15-22(20)29-24(21(23)16-17-28)18-10-4-2-5-11-18/h2-15,25H,16H2,1H3,(H,30,31)/t25-/m1/s1. The maximum atomic E-state index is 13.7. The minimum absolute atomic E-state index is 0.0148. The SMILES string of the molecule is COC(=O)[C@H](NC(=O)c1c(CC#N)c(-c2ccccc2)nc2ccccc12)c1ccccc1. The number of ether oxygens (including phenoxy) is 1. The van der Waals surface area contributed by atoms with Crippen LogP contribution in [-0.4, -0.2) is 24.0 Å². The van der Waals surface area contributed by atoms with Crippen molar-refractivity contribution in [3.05, 3.63) is 102 Å². The monoisotopic (exact) mass is 435 g/mol. The first-order valence-corrected chi connectivity index (χ1v) is 10.4. The van der Waals surface area contributed by atoms with Crippen molar-refractivity contribution < 1.29 is 14.3 Å². The van der Waals surface area contributed by atoms with E-state index in [1.807, 2.05) is 54.6 Å². The second-order valence-electron chi connectivity index (χ2n) is 7.37. The average molecular weight is 435 g/mol. The molecule has 4 rings (SSSR count). The number of hydrogen-bond acceptors (Lipinski definition) is 5. The number of fused-ring (bicyclic) bond motifs is 1. The number of carbonyl (C=O) groups excluding carboxylic acids is 2. The quantitative estimate of drug-likeness (QED) is 0.447. The number of aromatic nitrogens is 1. The number of para-hydroxylation sites is 1. The maximum Gasteiger partial charge on any atom is 0.333 e. The van der Waals surface area contributed by atoms with Gasteiger partial charge in [-0.05, 0) is 11.6 Å². The van der Waals surface area contributed by atoms with Crippen molar-refractivity contribution in [2.75, 3.05) is 7.11 Å². The molecular formula is C27H21N3O3. The number of nitriles is 1. The first-order chi connectivity index (χ1) is 16.1. The van der Waals surface area contributed by atoms with Gasteiger partial charge in [-0.2, -0.15) is 5.26 Å². The number of benzene rings is 3. The van der Waals surface area contributed by atoms with Gasteiger partial charge < -0.3 is 10.1 Å². The Kier molecular flexibility index (Phi) is 6.42. The lowest BCUT2D eigenvalue weighted by Gasteiger charge is -2.20. The summed E-state index contributed by atoms with van der Waals surface area (Å²) in [6, 6.07) is 26.8. The van der Waals surface area contributed by atoms with Gasteiger partial charge in [0, 0.05) is 16.5 Å². The van der Waals surface area contributed by atoms with Gasteiger partial charge in [0.25, 0.3) is 5.91 Å². The number of pyridine rings is 1. The lowest BCUT2D eigenvalue weighted by molar-refractivity contribution is -0.143. The minimum Gasteiger partial charge on any atom is -0.467 e. The van der Waals surface area contributed by atoms with Crippen LogP contribution < -0.4 is 5.32 Å². The Morgan fingerprint density at radius 1 is 0.970 bits per heavy atom. The van der Waals surface area contributed by atoms with Crippen LogP contribution in [0.4, 0.5) is 0 Å². The highest BCUT2D eigenvalue weighted by molar-refractivity contribution is 6.10. The molecule has 0 fully saturated rings. The number of amides is 1. The summed E-state index contributed by atoms with van der Waals surface area (Å²) in [5.41, 5.74) is 3.42. The van der Waals surface area contributed by atoms with Gasteiger partial charge in [0.05, 0.1) is 36.4 Å². The van der Waals surface area contributed by atoms with Gasteiger partial charge in [0.2, 0.25) is 0 Å². The Morgan fingerprint density at radius 3 is 2.27 bits per heavy atom. The molecule has 6 nitrogen and oxygen atoms in total. The van der Waals surface area contributed by atoms with E-state index in [0.717, 1.165) is 5.56 Å². The van der Waals surface area contributed by atoms with Crippen LogP contribution in [0.5, 0.6) is 0 Å². The molecule has 0 saturated heterocycles. The topological polar surface area (TPSA) is 92.1 Å². The molecule has 162 valence electrons. The van der Waals surface area contributed by atoms with Crippen LogP contribution in [0.2, 0.25) is 0 Å². The van der Waals surface area contributed by atoms with Crippen molar-refractivity contribution in [2.24, 2.45) is 0 Å². The van der Waals surface area contributed by atoms with Crippen LogP contribution in [0.25, 0.3) is 22.2 Å². The van der Waals surface area contributed by atoms with Crippen LogP contribution >= 0.6 is 0 Å². The lowest BCUT2D eigenvalue weighted by atomic mass is 9.94. The third kappa shape index (κ3) is 4.43. The molecule has 0 spiro atoms. The van der Waals surface area contributed by atoms with Crippen molar-refractivity contribution in [1.29, 1.82) is 5.26 Å². The van der Waals surface area contributed by atoms with Crippen LogP contribution in [0.15, 0.2) is 84.9 Å². The summed E-state index contributed by atoms with van der Waals surface area (Å²) < 4.78 is 4.94. The number of hydrogen-bond donors (Lipinski definition) is 1. The van der Waals surface area contributed by atoms with E-state index in [1.54, 1.807) is 30.3 Å². The first kappa shape index (κ1) is 21.7. The lowest BCUT2D eigenvalue weighted by Crippen LogP contribution is -2.35. The second kappa shape index (κ2) is 9.75. The van der Waals surface area contributed by atoms with Crippen LogP contribution in [0.3, 0.4) is 0 Å². The van der Waals surface area contributed by atoms with Crippen molar-refractivity contribution in [3.8, 4) is 17.3 Å². The molecule has 1 atom stereocenters. The van der Waals surface area contributed by atoms with Gasteiger partial charge in [-0.3, -0.25) is 4.79 Å². The molecule has 0 unspecified atom stereocenters. The molecule has 33 heavy (non-hydrogen) atoms. The summed E-state index contributed by atoms with van der Waals surface area (Å²) in [7, 11) is 1.28. The van der Waals surface area contributed by atoms with Gasteiger partial charge in [-0.15, -0.1) is 0 Å². The number of nitrogens with zero attached hydrogens (tertiary/aromatic N) is 2. The maximum absolute atomic E-state index is 13.7. The van der Waals surface area contributed by atoms with Crippen LogP contribution in [-0.2, 0) is 16.0 Å². The Hall–Kier alpha value is -4.50. The zero-order valence-electron chi connectivity index (χ0n) is 18.0. The Balaban J connectivity index is 1.90. The molecule has 0 bridgehead atoms. The molecule has 1 heterocycles. The van der Waals surface area contributed by atoms with E-state index in [9.17, 15) is 14.9 Å². The van der Waals surface area contributed by atoms with Crippen LogP contribution in [0, 0.1) is 11.3 Å². The number of carbonyl (C=O) groups is 2. The molecule has 1 aromatic heterocycles. The summed E-state index contributed by atoms with van der Waals surface area (Å²) in [4.78, 5) is 31.0. The summed E-state index contributed by atoms with van der Waals surface area (Å²) in [6.07, 6.45) is -0.0148. The molecule has 0 aliphatic rings. The van der Waals surface area contributed by atoms with Gasteiger partial charge in [0.15, 0.2) is 6.04 Å². The molecule has 0 aliphatic carbocycles. The normalized spacial score (nSPS) is 11.4. The predicted octanol–water partition coefficient (Wildman–Crippen LogP) is 4.61. The van der Waals surface area contributed by atoms with Crippen molar-refractivity contribution >= 4 is 22.8 Å². The molecule has 1 amide bonds. The zero-order chi connectivity index (χ0) is 23.2. The van der Waals surface area contributed by atoms with E-state index in [2.05, 4.69) is 11.4 Å². The highest BCUT2D eigenvalue weighted by Crippen LogP contribution is 2.31. The highest BCUT2D eigenvalue weighted by atomic mass is 16.5. The summed E-state index contributed by atoms with van der Waals surface area (Å²) >= 11 is 0. The van der Waals surface area contributed by atoms with E-state index >= 15 is 0 Å². The van der Waals surface area contributed by atoms with E-state index in [0.29, 0.717) is 33.3 Å². The molecule has 3 aromatic carbocycles. The fourth-order valence-corrected chi connectivity index (χ4v) is 3.84. The average Bonchev–Trinajstić information content (AvgIpc) is 2.87. The summed E-state index contributed by atoms with van der Waals surface area (Å²) in [5.74, 6) is -1.06. The van der Waals surface area contributed by atoms with Crippen molar-refractivity contribution in [2.45, 2.75) is 12.5 Å². The van der Waals surface area contributed by atoms with E-state index in [1.165, 1.54) is 7.11 Å². The molecule has 1 N–H and O–H groups in total. The first-order valence-electron chi connectivity index (χ1n) is 10.4. The molecular weight excluding hydrogens is 414 g/mol. The molecule has 6 heteroatoms. The molecule has 0 saturated carbocycles. The number of esters is 1. The Labute approximate surface area is 191 Å². The molecule has 0 radical (unpaired) electrons. The van der Waals surface area contributed by atoms with E-state index in [-0.39, 0.29) is 6.42 Å². The van der Waals surface area contributed by atoms with Crippen molar-refractivity contribution in [1.82, 2.24) is 10.3 Å². The fraction of sp³-hybridized carbons (Fsp3) is 0.111. The van der Waals surface area contributed by atoms with Gasteiger partial charge in [-0.1, -0.05) is 78.9 Å². The van der Waals surface area contributed by atoms with Crippen molar-refractivity contribution in [3.63, 3.8) is 0 Å². The number of nitrogens with one attached hydrogen (secondary N) is 1. The van der Waals surface area contributed by atoms with Gasteiger partial charge in [0.1, 0.15) is 0 Å². The number of methoxy groups -OCH3 is 1. The molecule has 0 aliphatic heterocycles. The second-order valence-corrected chi connectivity index (χ2v) is 7.37. The highest BCUT2D eigenvalue weighted by Gasteiger charge is 2.27. The third-order valence-electron chi connectivity index (χ3n) is 5.37. The Bertz CT molecular complexity index is 1350. The summed E-state index contributed by atoms with van der Waals surface area (Å²) in [5, 5.41) is 13.0. The van der Waals surface area contributed by atoms with Gasteiger partial charge >= 0.3 is 5.97 Å². The smallest absolute Gasteiger partial charge is 0.333 e. The zero-order valence-corrected chi connectivity index (χ0v) is 18.0. The fourth-order valence-electron chi connectivity index (χ4n) is 3.84.